The summed E-state index contributed by atoms with van der Waals surface area (Å²) in [7, 11) is -1.79. The zero-order valence-electron chi connectivity index (χ0n) is 13.4. The van der Waals surface area contributed by atoms with E-state index in [1.807, 2.05) is 19.1 Å². The Kier molecular flexibility index (Phi) is 4.33. The first-order valence-electron chi connectivity index (χ1n) is 7.89. The molecule has 1 aliphatic carbocycles. The van der Waals surface area contributed by atoms with Gasteiger partial charge in [-0.2, -0.15) is 4.31 Å². The molecule has 6 nitrogen and oxygen atoms in total. The fourth-order valence-electron chi connectivity index (χ4n) is 3.00. The van der Waals surface area contributed by atoms with Gasteiger partial charge in [0.15, 0.2) is 0 Å². The second-order valence-electron chi connectivity index (χ2n) is 6.21. The lowest BCUT2D eigenvalue weighted by Gasteiger charge is -2.23. The van der Waals surface area contributed by atoms with Crippen molar-refractivity contribution in [3.63, 3.8) is 0 Å². The van der Waals surface area contributed by atoms with E-state index in [-0.39, 0.29) is 11.2 Å². The number of carbonyl (C=O) groups excluding carboxylic acids is 1. The number of sulfonamides is 1. The summed E-state index contributed by atoms with van der Waals surface area (Å²) in [4.78, 5) is 12.6. The molecular formula is C16H22N2O4S. The summed E-state index contributed by atoms with van der Waals surface area (Å²) in [5.74, 6) is 0.286. The Hall–Kier alpha value is -1.60. The number of amides is 1. The number of ether oxygens (including phenoxy) is 1. The van der Waals surface area contributed by atoms with Crippen LogP contribution < -0.4 is 10.1 Å². The second-order valence-corrected chi connectivity index (χ2v) is 8.37. The Morgan fingerprint density at radius 3 is 2.70 bits per heavy atom. The summed E-state index contributed by atoms with van der Waals surface area (Å²) in [6, 6.07) is 4.89. The fourth-order valence-corrected chi connectivity index (χ4v) is 5.05. The van der Waals surface area contributed by atoms with Gasteiger partial charge in [0.25, 0.3) is 0 Å². The molecule has 2 aliphatic rings. The molecule has 1 unspecified atom stereocenters. The first-order chi connectivity index (χ1) is 10.9. The van der Waals surface area contributed by atoms with Gasteiger partial charge in [0.1, 0.15) is 11.8 Å². The predicted octanol–water partition coefficient (Wildman–Crippen LogP) is 1.90. The van der Waals surface area contributed by atoms with E-state index >= 15 is 0 Å². The number of aryl methyl sites for hydroxylation is 1. The maximum atomic E-state index is 12.6. The van der Waals surface area contributed by atoms with E-state index in [1.165, 1.54) is 4.31 Å². The molecule has 23 heavy (non-hydrogen) atoms. The molecule has 3 rings (SSSR count). The fraction of sp³-hybridized carbons (Fsp3) is 0.562. The number of hydrogen-bond acceptors (Lipinski definition) is 4. The number of anilines is 1. The molecule has 0 spiro atoms. The van der Waals surface area contributed by atoms with Crippen LogP contribution in [0.1, 0.15) is 31.2 Å². The summed E-state index contributed by atoms with van der Waals surface area (Å²) >= 11 is 0. The van der Waals surface area contributed by atoms with Gasteiger partial charge in [-0.1, -0.05) is 6.07 Å². The number of benzene rings is 1. The van der Waals surface area contributed by atoms with Crippen LogP contribution in [-0.2, 0) is 14.8 Å². The average molecular weight is 338 g/mol. The first-order valence-corrected chi connectivity index (χ1v) is 9.40. The highest BCUT2D eigenvalue weighted by Crippen LogP contribution is 2.35. The molecule has 0 radical (unpaired) electrons. The number of nitrogens with one attached hydrogen (secondary N) is 1. The van der Waals surface area contributed by atoms with Gasteiger partial charge in [0, 0.05) is 6.54 Å². The second kappa shape index (κ2) is 6.13. The first kappa shape index (κ1) is 16.3. The highest BCUT2D eigenvalue weighted by atomic mass is 32.2. The van der Waals surface area contributed by atoms with Crippen molar-refractivity contribution in [1.29, 1.82) is 0 Å². The normalized spacial score (nSPS) is 22.1. The van der Waals surface area contributed by atoms with Crippen LogP contribution in [0.2, 0.25) is 0 Å². The van der Waals surface area contributed by atoms with Gasteiger partial charge >= 0.3 is 0 Å². The third-order valence-electron chi connectivity index (χ3n) is 4.39. The van der Waals surface area contributed by atoms with Crippen LogP contribution >= 0.6 is 0 Å². The molecule has 1 heterocycles. The molecular weight excluding hydrogens is 316 g/mol. The van der Waals surface area contributed by atoms with Gasteiger partial charge in [-0.05, 0) is 50.3 Å². The molecule has 1 aromatic rings. The van der Waals surface area contributed by atoms with Crippen LogP contribution in [-0.4, -0.2) is 43.6 Å². The van der Waals surface area contributed by atoms with Gasteiger partial charge in [0.2, 0.25) is 15.9 Å². The van der Waals surface area contributed by atoms with Crippen molar-refractivity contribution in [1.82, 2.24) is 4.31 Å². The summed E-state index contributed by atoms with van der Waals surface area (Å²) in [6.45, 7) is 2.36. The van der Waals surface area contributed by atoms with Crippen molar-refractivity contribution < 1.29 is 17.9 Å². The lowest BCUT2D eigenvalue weighted by atomic mass is 10.1. The van der Waals surface area contributed by atoms with Gasteiger partial charge in [-0.3, -0.25) is 4.79 Å². The van der Waals surface area contributed by atoms with E-state index < -0.39 is 16.1 Å². The predicted molar refractivity (Wildman–Crippen MR) is 88.0 cm³/mol. The Morgan fingerprint density at radius 2 is 2.04 bits per heavy atom. The molecule has 1 amide bonds. The number of carbonyl (C=O) groups is 1. The molecule has 7 heteroatoms. The van der Waals surface area contributed by atoms with Crippen molar-refractivity contribution in [2.24, 2.45) is 0 Å². The van der Waals surface area contributed by atoms with Gasteiger partial charge in [-0.15, -0.1) is 0 Å². The third kappa shape index (κ3) is 3.21. The van der Waals surface area contributed by atoms with E-state index in [2.05, 4.69) is 5.32 Å². The monoisotopic (exact) mass is 338 g/mol. The Balaban J connectivity index is 1.79. The zero-order valence-corrected chi connectivity index (χ0v) is 14.2. The number of methoxy groups -OCH3 is 1. The number of hydrogen-bond donors (Lipinski definition) is 1. The highest BCUT2D eigenvalue weighted by Gasteiger charge is 2.46. The van der Waals surface area contributed by atoms with Crippen LogP contribution in [0, 0.1) is 6.92 Å². The van der Waals surface area contributed by atoms with Crippen LogP contribution in [0.4, 0.5) is 5.69 Å². The molecule has 2 fully saturated rings. The van der Waals surface area contributed by atoms with Crippen molar-refractivity contribution in [2.75, 3.05) is 19.0 Å². The average Bonchev–Trinajstić information content (AvgIpc) is 3.25. The smallest absolute Gasteiger partial charge is 0.242 e. The largest absolute Gasteiger partial charge is 0.495 e. The summed E-state index contributed by atoms with van der Waals surface area (Å²) < 4.78 is 31.6. The summed E-state index contributed by atoms with van der Waals surface area (Å²) in [6.07, 6.45) is 2.69. The van der Waals surface area contributed by atoms with Gasteiger partial charge < -0.3 is 10.1 Å². The quantitative estimate of drug-likeness (QED) is 0.890. The Bertz CT molecular complexity index is 713. The van der Waals surface area contributed by atoms with Crippen molar-refractivity contribution in [2.45, 2.75) is 43.9 Å². The SMILES string of the molecule is COc1ccc(C)cc1NC(=O)C1CCCN1S(=O)(=O)C1CC1. The van der Waals surface area contributed by atoms with Crippen molar-refractivity contribution in [3.8, 4) is 5.75 Å². The number of nitrogens with zero attached hydrogens (tertiary/aromatic N) is 1. The third-order valence-corrected chi connectivity index (χ3v) is 6.80. The van der Waals surface area contributed by atoms with Gasteiger partial charge in [0.05, 0.1) is 18.0 Å². The molecule has 1 aromatic carbocycles. The summed E-state index contributed by atoms with van der Waals surface area (Å²) in [5.41, 5.74) is 1.57. The maximum Gasteiger partial charge on any atom is 0.242 e. The van der Waals surface area contributed by atoms with Crippen LogP contribution in [0.25, 0.3) is 0 Å². The Labute approximate surface area is 136 Å². The highest BCUT2D eigenvalue weighted by molar-refractivity contribution is 7.90. The van der Waals surface area contributed by atoms with Gasteiger partial charge in [-0.25, -0.2) is 8.42 Å². The Morgan fingerprint density at radius 1 is 1.30 bits per heavy atom. The van der Waals surface area contributed by atoms with Crippen molar-refractivity contribution >= 4 is 21.6 Å². The maximum absolute atomic E-state index is 12.6. The molecule has 1 saturated carbocycles. The van der Waals surface area contributed by atoms with Crippen LogP contribution in [0.3, 0.4) is 0 Å². The number of rotatable bonds is 5. The van der Waals surface area contributed by atoms with Crippen LogP contribution in [0.15, 0.2) is 18.2 Å². The lowest BCUT2D eigenvalue weighted by Crippen LogP contribution is -2.44. The van der Waals surface area contributed by atoms with E-state index in [9.17, 15) is 13.2 Å². The minimum absolute atomic E-state index is 0.282. The zero-order chi connectivity index (χ0) is 16.6. The van der Waals surface area contributed by atoms with E-state index in [0.717, 1.165) is 12.0 Å². The van der Waals surface area contributed by atoms with Crippen molar-refractivity contribution in [3.05, 3.63) is 23.8 Å². The lowest BCUT2D eigenvalue weighted by molar-refractivity contribution is -0.119. The van der Waals surface area contributed by atoms with E-state index in [4.69, 9.17) is 4.74 Å². The molecule has 1 N–H and O–H groups in total. The van der Waals surface area contributed by atoms with E-state index in [0.29, 0.717) is 37.2 Å². The standard InChI is InChI=1S/C16H22N2O4S/c1-11-5-8-15(22-2)13(10-11)17-16(19)14-4-3-9-18(14)23(20,21)12-6-7-12/h5,8,10,12,14H,3-4,6-7,9H2,1-2H3,(H,17,19). The van der Waals surface area contributed by atoms with E-state index in [1.54, 1.807) is 13.2 Å². The molecule has 0 bridgehead atoms. The molecule has 1 aliphatic heterocycles. The molecule has 1 saturated heterocycles. The minimum Gasteiger partial charge on any atom is -0.495 e. The molecule has 1 atom stereocenters. The molecule has 126 valence electrons. The summed E-state index contributed by atoms with van der Waals surface area (Å²) in [5, 5.41) is 2.55. The van der Waals surface area contributed by atoms with Crippen LogP contribution in [0.5, 0.6) is 5.75 Å². The topological polar surface area (TPSA) is 75.7 Å². The minimum atomic E-state index is -3.33. The molecule has 0 aromatic heterocycles.